The summed E-state index contributed by atoms with van der Waals surface area (Å²) in [6.45, 7) is 0. The monoisotopic (exact) mass is 380 g/mol. The van der Waals surface area contributed by atoms with Gasteiger partial charge in [-0.25, -0.2) is 0 Å². The second-order valence-corrected chi connectivity index (χ2v) is 5.38. The minimum Gasteiger partial charge on any atom is -0.504 e. The Bertz CT molecular complexity index is 663. The van der Waals surface area contributed by atoms with E-state index in [2.05, 4.69) is 22.6 Å². The van der Waals surface area contributed by atoms with Gasteiger partial charge in [-0.2, -0.15) is 0 Å². The minimum atomic E-state index is -0.0597. The molecule has 3 nitrogen and oxygen atoms in total. The average molecular weight is 380 g/mol. The highest BCUT2D eigenvalue weighted by Gasteiger charge is 2.03. The molecule has 0 unspecified atom stereocenters. The summed E-state index contributed by atoms with van der Waals surface area (Å²) in [5.41, 5.74) is 1.44. The summed E-state index contributed by atoms with van der Waals surface area (Å²) in [7, 11) is 1.49. The van der Waals surface area contributed by atoms with Crippen LogP contribution in [0, 0.1) is 3.57 Å². The molecule has 0 aliphatic heterocycles. The van der Waals surface area contributed by atoms with Gasteiger partial charge in [-0.1, -0.05) is 24.3 Å². The molecule has 0 saturated carbocycles. The molecule has 0 amide bonds. The smallest absolute Gasteiger partial charge is 0.185 e. The number of ketones is 1. The molecule has 0 aromatic heterocycles. The molecule has 0 atom stereocenters. The number of phenolic OH excluding ortho intramolecular Hbond substituents is 1. The molecular weight excluding hydrogens is 367 g/mol. The summed E-state index contributed by atoms with van der Waals surface area (Å²) in [5.74, 6) is 0.401. The molecule has 4 heteroatoms. The van der Waals surface area contributed by atoms with Gasteiger partial charge in [0, 0.05) is 9.13 Å². The number of benzene rings is 2. The summed E-state index contributed by atoms with van der Waals surface area (Å²) in [4.78, 5) is 12.0. The first-order valence-electron chi connectivity index (χ1n) is 5.95. The highest BCUT2D eigenvalue weighted by Crippen LogP contribution is 2.26. The van der Waals surface area contributed by atoms with Crippen LogP contribution in [0.25, 0.3) is 6.08 Å². The number of hydrogen-bond acceptors (Lipinski definition) is 3. The number of allylic oxidation sites excluding steroid dienone is 1. The summed E-state index contributed by atoms with van der Waals surface area (Å²) >= 11 is 2.17. The zero-order valence-electron chi connectivity index (χ0n) is 10.8. The largest absolute Gasteiger partial charge is 0.504 e. The molecule has 0 bridgehead atoms. The zero-order chi connectivity index (χ0) is 14.5. The maximum atomic E-state index is 12.0. The predicted octanol–water partition coefficient (Wildman–Crippen LogP) is 3.90. The number of carbonyl (C=O) groups is 1. The van der Waals surface area contributed by atoms with E-state index >= 15 is 0 Å². The van der Waals surface area contributed by atoms with Gasteiger partial charge >= 0.3 is 0 Å². The number of aromatic hydroxyl groups is 1. The molecule has 0 heterocycles. The van der Waals surface area contributed by atoms with Crippen molar-refractivity contribution in [2.45, 2.75) is 0 Å². The van der Waals surface area contributed by atoms with Crippen molar-refractivity contribution in [3.05, 3.63) is 63.2 Å². The highest BCUT2D eigenvalue weighted by atomic mass is 127. The van der Waals surface area contributed by atoms with Crippen LogP contribution >= 0.6 is 22.6 Å². The van der Waals surface area contributed by atoms with Crippen LogP contribution in [0.15, 0.2) is 48.5 Å². The van der Waals surface area contributed by atoms with Crippen molar-refractivity contribution in [1.82, 2.24) is 0 Å². The molecule has 2 aromatic carbocycles. The molecule has 0 aliphatic carbocycles. The van der Waals surface area contributed by atoms with Crippen LogP contribution in [0.1, 0.15) is 15.9 Å². The third-order valence-corrected chi connectivity index (χ3v) is 3.41. The number of hydrogen-bond donors (Lipinski definition) is 1. The molecule has 0 radical (unpaired) electrons. The molecule has 0 spiro atoms. The van der Waals surface area contributed by atoms with Crippen LogP contribution in [0.5, 0.6) is 11.5 Å². The van der Waals surface area contributed by atoms with Crippen molar-refractivity contribution in [2.75, 3.05) is 7.11 Å². The van der Waals surface area contributed by atoms with E-state index in [-0.39, 0.29) is 11.5 Å². The van der Waals surface area contributed by atoms with Crippen LogP contribution in [0.4, 0.5) is 0 Å². The van der Waals surface area contributed by atoms with Crippen molar-refractivity contribution in [1.29, 1.82) is 0 Å². The molecular formula is C16H13IO3. The third-order valence-electron chi connectivity index (χ3n) is 2.74. The Hall–Kier alpha value is -1.82. The minimum absolute atomic E-state index is 0.0597. The van der Waals surface area contributed by atoms with Crippen LogP contribution in [-0.2, 0) is 0 Å². The second kappa shape index (κ2) is 6.56. The first-order chi connectivity index (χ1) is 9.60. The number of ether oxygens (including phenoxy) is 1. The topological polar surface area (TPSA) is 46.5 Å². The fourth-order valence-electron chi connectivity index (χ4n) is 1.71. The fourth-order valence-corrected chi connectivity index (χ4v) is 2.25. The van der Waals surface area contributed by atoms with E-state index in [0.717, 1.165) is 9.13 Å². The molecule has 2 rings (SSSR count). The van der Waals surface area contributed by atoms with Crippen molar-refractivity contribution in [3.63, 3.8) is 0 Å². The Kier molecular flexibility index (Phi) is 4.79. The normalized spacial score (nSPS) is 10.7. The van der Waals surface area contributed by atoms with Gasteiger partial charge in [0.2, 0.25) is 0 Å². The molecule has 1 N–H and O–H groups in total. The summed E-state index contributed by atoms with van der Waals surface area (Å²) in [6, 6.07) is 12.3. The molecule has 20 heavy (non-hydrogen) atoms. The number of carbonyl (C=O) groups excluding carboxylic acids is 1. The van der Waals surface area contributed by atoms with Crippen molar-refractivity contribution < 1.29 is 14.6 Å². The third kappa shape index (κ3) is 3.60. The van der Waals surface area contributed by atoms with E-state index in [1.54, 1.807) is 24.3 Å². The molecule has 0 saturated heterocycles. The lowest BCUT2D eigenvalue weighted by atomic mass is 10.1. The fraction of sp³-hybridized carbons (Fsp3) is 0.0625. The second-order valence-electron chi connectivity index (χ2n) is 4.14. The summed E-state index contributed by atoms with van der Waals surface area (Å²) < 4.78 is 6.04. The maximum absolute atomic E-state index is 12.0. The first-order valence-corrected chi connectivity index (χ1v) is 7.03. The van der Waals surface area contributed by atoms with E-state index < -0.39 is 0 Å². The molecule has 0 aliphatic rings. The van der Waals surface area contributed by atoms with Gasteiger partial charge in [0.15, 0.2) is 17.3 Å². The van der Waals surface area contributed by atoms with E-state index in [9.17, 15) is 9.90 Å². The van der Waals surface area contributed by atoms with E-state index in [0.29, 0.717) is 11.3 Å². The standard InChI is InChI=1S/C16H13IO3/c1-20-16-9-11(6-8-15(16)19)5-7-14(18)12-3-2-4-13(17)10-12/h2-10,19H,1H3. The maximum Gasteiger partial charge on any atom is 0.185 e. The van der Waals surface area contributed by atoms with Crippen LogP contribution < -0.4 is 4.74 Å². The Morgan fingerprint density at radius 2 is 2.05 bits per heavy atom. The van der Waals surface area contributed by atoms with Gasteiger partial charge < -0.3 is 9.84 Å². The van der Waals surface area contributed by atoms with Crippen molar-refractivity contribution >= 4 is 34.5 Å². The quantitative estimate of drug-likeness (QED) is 0.497. The Morgan fingerprint density at radius 1 is 1.25 bits per heavy atom. The number of rotatable bonds is 4. The molecule has 2 aromatic rings. The zero-order valence-corrected chi connectivity index (χ0v) is 13.0. The average Bonchev–Trinajstić information content (AvgIpc) is 2.46. The van der Waals surface area contributed by atoms with Gasteiger partial charge in [-0.3, -0.25) is 4.79 Å². The van der Waals surface area contributed by atoms with Gasteiger partial charge in [-0.05, 0) is 58.5 Å². The van der Waals surface area contributed by atoms with E-state index in [1.165, 1.54) is 19.3 Å². The SMILES string of the molecule is COc1cc(C=CC(=O)c2cccc(I)c2)ccc1O. The van der Waals surface area contributed by atoms with Gasteiger partial charge in [0.25, 0.3) is 0 Å². The highest BCUT2D eigenvalue weighted by molar-refractivity contribution is 14.1. The lowest BCUT2D eigenvalue weighted by Crippen LogP contribution is -1.94. The summed E-state index contributed by atoms with van der Waals surface area (Å²) in [5, 5.41) is 9.50. The number of phenols is 1. The lowest BCUT2D eigenvalue weighted by Gasteiger charge is -2.03. The van der Waals surface area contributed by atoms with Gasteiger partial charge in [0.1, 0.15) is 0 Å². The number of methoxy groups -OCH3 is 1. The molecule has 0 fully saturated rings. The molecule has 102 valence electrons. The van der Waals surface area contributed by atoms with Gasteiger partial charge in [-0.15, -0.1) is 0 Å². The Balaban J connectivity index is 2.19. The Morgan fingerprint density at radius 3 is 2.75 bits per heavy atom. The van der Waals surface area contributed by atoms with Crippen LogP contribution in [-0.4, -0.2) is 18.0 Å². The van der Waals surface area contributed by atoms with Crippen LogP contribution in [0.2, 0.25) is 0 Å². The van der Waals surface area contributed by atoms with Crippen molar-refractivity contribution in [2.24, 2.45) is 0 Å². The summed E-state index contributed by atoms with van der Waals surface area (Å²) in [6.07, 6.45) is 3.21. The predicted molar refractivity (Wildman–Crippen MR) is 87.2 cm³/mol. The first kappa shape index (κ1) is 14.6. The number of halogens is 1. The van der Waals surface area contributed by atoms with E-state index in [1.807, 2.05) is 18.2 Å². The van der Waals surface area contributed by atoms with E-state index in [4.69, 9.17) is 4.74 Å². The van der Waals surface area contributed by atoms with Crippen LogP contribution in [0.3, 0.4) is 0 Å². The lowest BCUT2D eigenvalue weighted by molar-refractivity contribution is 0.104. The Labute approximate surface area is 131 Å². The van der Waals surface area contributed by atoms with Gasteiger partial charge in [0.05, 0.1) is 7.11 Å². The van der Waals surface area contributed by atoms with Crippen molar-refractivity contribution in [3.8, 4) is 11.5 Å².